The summed E-state index contributed by atoms with van der Waals surface area (Å²) in [5, 5.41) is 0. The third-order valence-electron chi connectivity index (χ3n) is 6.28. The lowest BCUT2D eigenvalue weighted by molar-refractivity contribution is -0.140. The van der Waals surface area contributed by atoms with E-state index in [1.807, 2.05) is 20.8 Å². The van der Waals surface area contributed by atoms with Gasteiger partial charge in [-0.05, 0) is 58.6 Å². The molecule has 2 aliphatic carbocycles. The Kier molecular flexibility index (Phi) is 9.75. The van der Waals surface area contributed by atoms with Crippen molar-refractivity contribution in [3.63, 3.8) is 0 Å². The van der Waals surface area contributed by atoms with Crippen LogP contribution in [0.5, 0.6) is 0 Å². The maximum Gasteiger partial charge on any atom is 0.245 e. The Bertz CT molecular complexity index is 782. The zero-order valence-corrected chi connectivity index (χ0v) is 20.5. The van der Waals surface area contributed by atoms with Crippen LogP contribution < -0.4 is 0 Å². The predicted molar refractivity (Wildman–Crippen MR) is 129 cm³/mol. The minimum absolute atomic E-state index is 0.0718. The van der Waals surface area contributed by atoms with E-state index >= 15 is 0 Å². The topological polar surface area (TPSA) is 57.7 Å². The van der Waals surface area contributed by atoms with Crippen molar-refractivity contribution in [2.75, 3.05) is 13.1 Å². The molecule has 1 aliphatic heterocycles. The van der Waals surface area contributed by atoms with Gasteiger partial charge in [0.05, 0.1) is 6.04 Å². The number of amides is 2. The van der Waals surface area contributed by atoms with E-state index in [1.54, 1.807) is 24.0 Å². The van der Waals surface area contributed by atoms with E-state index < -0.39 is 12.1 Å². The van der Waals surface area contributed by atoms with Gasteiger partial charge in [0, 0.05) is 29.7 Å². The van der Waals surface area contributed by atoms with Crippen LogP contribution in [0.25, 0.3) is 0 Å². The molecule has 5 nitrogen and oxygen atoms in total. The predicted octanol–water partition coefficient (Wildman–Crippen LogP) is 4.53. The lowest BCUT2D eigenvalue weighted by Crippen LogP contribution is -2.49. The van der Waals surface area contributed by atoms with Gasteiger partial charge in [-0.1, -0.05) is 50.9 Å². The number of hydrogen-bond acceptors (Lipinski definition) is 3. The van der Waals surface area contributed by atoms with Gasteiger partial charge in [0.15, 0.2) is 0 Å². The largest absolute Gasteiger partial charge is 0.341 e. The van der Waals surface area contributed by atoms with Gasteiger partial charge in [-0.3, -0.25) is 14.4 Å². The summed E-state index contributed by atoms with van der Waals surface area (Å²) in [5.74, 6) is 7.14. The molecular formula is C27H40N2O3. The molecule has 176 valence electrons. The van der Waals surface area contributed by atoms with Crippen molar-refractivity contribution in [2.24, 2.45) is 11.3 Å². The molecule has 1 heterocycles. The Labute approximate surface area is 194 Å². The Morgan fingerprint density at radius 3 is 2.22 bits per heavy atom. The first-order valence-electron chi connectivity index (χ1n) is 12.1. The fourth-order valence-electron chi connectivity index (χ4n) is 4.31. The van der Waals surface area contributed by atoms with Gasteiger partial charge in [0.2, 0.25) is 12.3 Å². The molecule has 0 aromatic carbocycles. The van der Waals surface area contributed by atoms with E-state index in [9.17, 15) is 14.4 Å². The van der Waals surface area contributed by atoms with E-state index in [1.165, 1.54) is 37.0 Å². The molecule has 0 N–H and O–H groups in total. The molecule has 2 fully saturated rings. The fourth-order valence-corrected chi connectivity index (χ4v) is 4.31. The quantitative estimate of drug-likeness (QED) is 0.466. The first-order chi connectivity index (χ1) is 15.2. The van der Waals surface area contributed by atoms with Gasteiger partial charge in [0.1, 0.15) is 12.3 Å². The zero-order valence-electron chi connectivity index (χ0n) is 20.5. The maximum atomic E-state index is 12.6. The van der Waals surface area contributed by atoms with Gasteiger partial charge < -0.3 is 9.80 Å². The van der Waals surface area contributed by atoms with Crippen LogP contribution in [0.1, 0.15) is 79.6 Å². The highest BCUT2D eigenvalue weighted by atomic mass is 16.2. The summed E-state index contributed by atoms with van der Waals surface area (Å²) in [6.45, 7) is 11.6. The molecule has 3 rings (SSSR count). The average Bonchev–Trinajstić information content (AvgIpc) is 3.43. The smallest absolute Gasteiger partial charge is 0.245 e. The van der Waals surface area contributed by atoms with Crippen LogP contribution in [-0.4, -0.2) is 53.6 Å². The summed E-state index contributed by atoms with van der Waals surface area (Å²) in [5.41, 5.74) is 0.998. The Morgan fingerprint density at radius 2 is 1.75 bits per heavy atom. The van der Waals surface area contributed by atoms with Crippen molar-refractivity contribution in [3.8, 4) is 11.8 Å². The van der Waals surface area contributed by atoms with Crippen LogP contribution in [0.2, 0.25) is 0 Å². The van der Waals surface area contributed by atoms with Crippen LogP contribution in [-0.2, 0) is 14.4 Å². The van der Waals surface area contributed by atoms with Crippen molar-refractivity contribution in [1.29, 1.82) is 0 Å². The lowest BCUT2D eigenvalue weighted by atomic mass is 9.91. The fraction of sp³-hybridized carbons (Fsp3) is 0.667. The second kappa shape index (κ2) is 12.0. The first-order valence-corrected chi connectivity index (χ1v) is 12.1. The molecule has 0 aromatic rings. The van der Waals surface area contributed by atoms with Crippen molar-refractivity contribution in [3.05, 3.63) is 23.3 Å². The minimum Gasteiger partial charge on any atom is -0.341 e. The van der Waals surface area contributed by atoms with Gasteiger partial charge >= 0.3 is 0 Å². The van der Waals surface area contributed by atoms with Crippen molar-refractivity contribution >= 4 is 18.6 Å². The summed E-state index contributed by atoms with van der Waals surface area (Å²) in [6.07, 6.45) is 14.3. The Balaban J connectivity index is 0.000000439. The number of allylic oxidation sites excluding steroid dienone is 2. The number of nitrogens with zero attached hydrogens (tertiary/aromatic N) is 2. The molecule has 3 aliphatic rings. The highest BCUT2D eigenvalue weighted by Crippen LogP contribution is 2.24. The van der Waals surface area contributed by atoms with Gasteiger partial charge in [-0.2, -0.15) is 0 Å². The molecule has 5 heteroatoms. The van der Waals surface area contributed by atoms with Gasteiger partial charge in [-0.15, -0.1) is 0 Å². The molecule has 32 heavy (non-hydrogen) atoms. The Morgan fingerprint density at radius 1 is 1.12 bits per heavy atom. The maximum absolute atomic E-state index is 12.6. The summed E-state index contributed by atoms with van der Waals surface area (Å²) in [7, 11) is 0. The highest BCUT2D eigenvalue weighted by Gasteiger charge is 2.33. The number of carbonyl (C=O) groups is 3. The first kappa shape index (κ1) is 25.9. The number of aldehydes is 1. The molecule has 0 radical (unpaired) electrons. The van der Waals surface area contributed by atoms with Crippen molar-refractivity contribution in [1.82, 2.24) is 9.80 Å². The van der Waals surface area contributed by atoms with E-state index in [-0.39, 0.29) is 11.3 Å². The molecule has 1 unspecified atom stereocenters. The molecule has 0 spiro atoms. The standard InChI is InChI=1S/C20H26N2O3.C7H14/c1-15(19(25)21-9-5-6-10-21)22(14-24)18-12-16(11-17(18)13-23)7-8-20(2,3)4;1-7-5-3-2-4-6-7/h11-15,18H,5-6,9-10H2,1-4H3;7H,2-6H2,1H3/t15-,18?;/m0./s1. The van der Waals surface area contributed by atoms with Crippen molar-refractivity contribution < 1.29 is 14.4 Å². The third-order valence-corrected chi connectivity index (χ3v) is 6.28. The molecule has 2 atom stereocenters. The summed E-state index contributed by atoms with van der Waals surface area (Å²) >= 11 is 0. The van der Waals surface area contributed by atoms with Gasteiger partial charge in [0.25, 0.3) is 0 Å². The zero-order chi connectivity index (χ0) is 23.7. The van der Waals surface area contributed by atoms with Crippen LogP contribution in [0.15, 0.2) is 23.3 Å². The van der Waals surface area contributed by atoms with Gasteiger partial charge in [-0.25, -0.2) is 0 Å². The number of hydrogen-bond donors (Lipinski definition) is 0. The van der Waals surface area contributed by atoms with Crippen LogP contribution in [0, 0.1) is 23.2 Å². The second-order valence-corrected chi connectivity index (χ2v) is 10.3. The summed E-state index contributed by atoms with van der Waals surface area (Å²) in [4.78, 5) is 38.9. The summed E-state index contributed by atoms with van der Waals surface area (Å²) < 4.78 is 0. The van der Waals surface area contributed by atoms with E-state index in [2.05, 4.69) is 18.8 Å². The molecule has 1 saturated heterocycles. The van der Waals surface area contributed by atoms with E-state index in [4.69, 9.17) is 0 Å². The molecule has 0 bridgehead atoms. The normalized spacial score (nSPS) is 21.9. The Hall–Kier alpha value is -2.35. The minimum atomic E-state index is -0.616. The van der Waals surface area contributed by atoms with Crippen LogP contribution >= 0.6 is 0 Å². The molecule has 0 aromatic heterocycles. The highest BCUT2D eigenvalue weighted by molar-refractivity contribution is 5.86. The number of carbonyl (C=O) groups excluding carboxylic acids is 3. The van der Waals surface area contributed by atoms with E-state index in [0.717, 1.165) is 38.1 Å². The van der Waals surface area contributed by atoms with Crippen molar-refractivity contribution in [2.45, 2.75) is 91.6 Å². The lowest BCUT2D eigenvalue weighted by Gasteiger charge is -2.32. The molecule has 2 amide bonds. The summed E-state index contributed by atoms with van der Waals surface area (Å²) in [6, 6.07) is -1.16. The average molecular weight is 441 g/mol. The SMILES string of the molecule is CC1CCCCC1.C[C@@H](C(=O)N1CCCC1)N(C=O)C1C=C(C#CC(C)(C)C)C=C1C=O. The van der Waals surface area contributed by atoms with Crippen LogP contribution in [0.4, 0.5) is 0 Å². The van der Waals surface area contributed by atoms with Crippen LogP contribution in [0.3, 0.4) is 0 Å². The van der Waals surface area contributed by atoms with E-state index in [0.29, 0.717) is 17.6 Å². The molecular weight excluding hydrogens is 400 g/mol. The third kappa shape index (κ3) is 7.65. The molecule has 1 saturated carbocycles. The number of rotatable bonds is 5. The second-order valence-electron chi connectivity index (χ2n) is 10.3. The number of likely N-dealkylation sites (tertiary alicyclic amines) is 1. The monoisotopic (exact) mass is 440 g/mol.